The molecule has 0 spiro atoms. The van der Waals surface area contributed by atoms with Gasteiger partial charge in [-0.1, -0.05) is 6.07 Å². The number of carbonyl (C=O) groups is 1. The number of ether oxygens (including phenoxy) is 2. The largest absolute Gasteiger partial charge is 0.493 e. The van der Waals surface area contributed by atoms with Crippen molar-refractivity contribution >= 4 is 12.0 Å². The van der Waals surface area contributed by atoms with Gasteiger partial charge < -0.3 is 18.9 Å². The van der Waals surface area contributed by atoms with Crippen molar-refractivity contribution in [2.45, 2.75) is 6.54 Å². The van der Waals surface area contributed by atoms with Gasteiger partial charge in [0.15, 0.2) is 11.5 Å². The molecule has 2 aromatic rings. The molecular formula is C20H26N4O3. The summed E-state index contributed by atoms with van der Waals surface area (Å²) in [6.45, 7) is 5.18. The number of benzene rings is 1. The number of rotatable bonds is 7. The molecule has 1 aliphatic rings. The molecule has 0 unspecified atom stereocenters. The Morgan fingerprint density at radius 2 is 1.89 bits per heavy atom. The van der Waals surface area contributed by atoms with Crippen LogP contribution in [0.25, 0.3) is 6.08 Å². The van der Waals surface area contributed by atoms with E-state index in [9.17, 15) is 4.79 Å². The van der Waals surface area contributed by atoms with Crippen molar-refractivity contribution in [2.75, 3.05) is 46.9 Å². The number of hydrogen-bond acceptors (Lipinski definition) is 5. The van der Waals surface area contributed by atoms with Crippen LogP contribution in [0.4, 0.5) is 0 Å². The van der Waals surface area contributed by atoms with Gasteiger partial charge in [0.2, 0.25) is 5.91 Å². The van der Waals surface area contributed by atoms with Crippen LogP contribution in [0.15, 0.2) is 43.0 Å². The van der Waals surface area contributed by atoms with Gasteiger partial charge in [-0.25, -0.2) is 4.98 Å². The fourth-order valence-corrected chi connectivity index (χ4v) is 3.10. The van der Waals surface area contributed by atoms with E-state index in [-0.39, 0.29) is 5.91 Å². The molecule has 1 aromatic carbocycles. The molecule has 0 radical (unpaired) electrons. The Balaban J connectivity index is 1.48. The topological polar surface area (TPSA) is 59.8 Å². The summed E-state index contributed by atoms with van der Waals surface area (Å²) in [6.07, 6.45) is 9.04. The minimum atomic E-state index is 0.0408. The van der Waals surface area contributed by atoms with Gasteiger partial charge in [-0.05, 0) is 23.8 Å². The maximum atomic E-state index is 12.5. The second-order valence-corrected chi connectivity index (χ2v) is 6.42. The minimum absolute atomic E-state index is 0.0408. The molecule has 0 saturated carbocycles. The lowest BCUT2D eigenvalue weighted by Crippen LogP contribution is -2.48. The SMILES string of the molecule is COc1ccc(/C=C/C(=O)N2CCN(CCn3ccnc3)CC2)cc1OC. The van der Waals surface area contributed by atoms with E-state index in [0.717, 1.165) is 44.8 Å². The van der Waals surface area contributed by atoms with Crippen molar-refractivity contribution in [1.82, 2.24) is 19.4 Å². The number of carbonyl (C=O) groups excluding carboxylic acids is 1. The predicted octanol–water partition coefficient (Wildman–Crippen LogP) is 1.76. The summed E-state index contributed by atoms with van der Waals surface area (Å²) in [5.74, 6) is 1.37. The molecule has 0 N–H and O–H groups in total. The number of aromatic nitrogens is 2. The standard InChI is InChI=1S/C20H26N4O3/c1-26-18-5-3-17(15-19(18)27-2)4-6-20(25)24-13-11-22(12-14-24)9-10-23-8-7-21-16-23/h3-8,15-16H,9-14H2,1-2H3/b6-4+. The first-order valence-corrected chi connectivity index (χ1v) is 9.06. The third-order valence-corrected chi connectivity index (χ3v) is 4.74. The Morgan fingerprint density at radius 1 is 1.11 bits per heavy atom. The van der Waals surface area contributed by atoms with Crippen LogP contribution in [0.5, 0.6) is 11.5 Å². The van der Waals surface area contributed by atoms with Crippen LogP contribution in [-0.4, -0.2) is 72.2 Å². The van der Waals surface area contributed by atoms with Crippen LogP contribution in [-0.2, 0) is 11.3 Å². The molecule has 7 nitrogen and oxygen atoms in total. The first-order chi connectivity index (χ1) is 13.2. The molecule has 1 amide bonds. The summed E-state index contributed by atoms with van der Waals surface area (Å²) in [5, 5.41) is 0. The molecule has 0 atom stereocenters. The molecule has 0 aliphatic carbocycles. The van der Waals surface area contributed by atoms with Crippen LogP contribution in [0.1, 0.15) is 5.56 Å². The van der Waals surface area contributed by atoms with E-state index in [1.807, 2.05) is 41.7 Å². The first kappa shape index (κ1) is 19.0. The average molecular weight is 370 g/mol. The monoisotopic (exact) mass is 370 g/mol. The molecule has 0 bridgehead atoms. The highest BCUT2D eigenvalue weighted by Gasteiger charge is 2.19. The van der Waals surface area contributed by atoms with Gasteiger partial charge >= 0.3 is 0 Å². The Labute approximate surface area is 159 Å². The van der Waals surface area contributed by atoms with Crippen molar-refractivity contribution in [2.24, 2.45) is 0 Å². The van der Waals surface area contributed by atoms with Crippen LogP contribution in [0, 0.1) is 0 Å². The summed E-state index contributed by atoms with van der Waals surface area (Å²) in [4.78, 5) is 20.8. The number of hydrogen-bond donors (Lipinski definition) is 0. The Kier molecular flexibility index (Phi) is 6.49. The van der Waals surface area contributed by atoms with Gasteiger partial charge in [-0.15, -0.1) is 0 Å². The first-order valence-electron chi connectivity index (χ1n) is 9.06. The zero-order valence-corrected chi connectivity index (χ0v) is 15.9. The summed E-state index contributed by atoms with van der Waals surface area (Å²) in [7, 11) is 3.20. The molecule has 1 saturated heterocycles. The van der Waals surface area contributed by atoms with E-state index in [4.69, 9.17) is 9.47 Å². The second kappa shape index (κ2) is 9.23. The van der Waals surface area contributed by atoms with Crippen LogP contribution in [0.2, 0.25) is 0 Å². The van der Waals surface area contributed by atoms with Crippen molar-refractivity contribution in [3.8, 4) is 11.5 Å². The van der Waals surface area contributed by atoms with Gasteiger partial charge in [0.05, 0.1) is 20.5 Å². The van der Waals surface area contributed by atoms with Gasteiger partial charge in [0.25, 0.3) is 0 Å². The maximum Gasteiger partial charge on any atom is 0.246 e. The molecule has 1 aliphatic heterocycles. The molecule has 7 heteroatoms. The van der Waals surface area contributed by atoms with Gasteiger partial charge in [0, 0.05) is 57.7 Å². The third-order valence-electron chi connectivity index (χ3n) is 4.74. The smallest absolute Gasteiger partial charge is 0.246 e. The zero-order chi connectivity index (χ0) is 19.1. The van der Waals surface area contributed by atoms with Crippen LogP contribution >= 0.6 is 0 Å². The second-order valence-electron chi connectivity index (χ2n) is 6.42. The van der Waals surface area contributed by atoms with Gasteiger partial charge in [0.1, 0.15) is 0 Å². The predicted molar refractivity (Wildman–Crippen MR) is 104 cm³/mol. The third kappa shape index (κ3) is 5.10. The molecule has 2 heterocycles. The highest BCUT2D eigenvalue weighted by molar-refractivity contribution is 5.92. The highest BCUT2D eigenvalue weighted by Crippen LogP contribution is 2.27. The molecular weight excluding hydrogens is 344 g/mol. The van der Waals surface area contributed by atoms with E-state index >= 15 is 0 Å². The lowest BCUT2D eigenvalue weighted by Gasteiger charge is -2.34. The van der Waals surface area contributed by atoms with Crippen molar-refractivity contribution in [3.05, 3.63) is 48.6 Å². The lowest BCUT2D eigenvalue weighted by atomic mass is 10.2. The summed E-state index contributed by atoms with van der Waals surface area (Å²) >= 11 is 0. The summed E-state index contributed by atoms with van der Waals surface area (Å²) in [6, 6.07) is 5.60. The van der Waals surface area contributed by atoms with Gasteiger partial charge in [-0.3, -0.25) is 9.69 Å². The Hall–Kier alpha value is -2.80. The maximum absolute atomic E-state index is 12.5. The normalized spacial score (nSPS) is 15.3. The van der Waals surface area contributed by atoms with E-state index in [1.165, 1.54) is 0 Å². The van der Waals surface area contributed by atoms with E-state index in [1.54, 1.807) is 26.5 Å². The highest BCUT2D eigenvalue weighted by atomic mass is 16.5. The molecule has 27 heavy (non-hydrogen) atoms. The summed E-state index contributed by atoms with van der Waals surface area (Å²) < 4.78 is 12.6. The van der Waals surface area contributed by atoms with E-state index in [2.05, 4.69) is 14.5 Å². The molecule has 1 fully saturated rings. The lowest BCUT2D eigenvalue weighted by molar-refractivity contribution is -0.127. The molecule has 144 valence electrons. The van der Waals surface area contributed by atoms with Crippen LogP contribution < -0.4 is 9.47 Å². The number of amides is 1. The number of nitrogens with zero attached hydrogens (tertiary/aromatic N) is 4. The van der Waals surface area contributed by atoms with E-state index in [0.29, 0.717) is 11.5 Å². The quantitative estimate of drug-likeness (QED) is 0.695. The summed E-state index contributed by atoms with van der Waals surface area (Å²) in [5.41, 5.74) is 0.903. The fourth-order valence-electron chi connectivity index (χ4n) is 3.10. The number of piperazine rings is 1. The zero-order valence-electron chi connectivity index (χ0n) is 15.9. The van der Waals surface area contributed by atoms with E-state index < -0.39 is 0 Å². The Bertz CT molecular complexity index is 766. The number of methoxy groups -OCH3 is 2. The van der Waals surface area contributed by atoms with Crippen molar-refractivity contribution < 1.29 is 14.3 Å². The van der Waals surface area contributed by atoms with Gasteiger partial charge in [-0.2, -0.15) is 0 Å². The molecule has 3 rings (SSSR count). The average Bonchev–Trinajstić information content (AvgIpc) is 3.24. The Morgan fingerprint density at radius 3 is 2.56 bits per heavy atom. The van der Waals surface area contributed by atoms with Crippen molar-refractivity contribution in [1.29, 1.82) is 0 Å². The van der Waals surface area contributed by atoms with Crippen LogP contribution in [0.3, 0.4) is 0 Å². The number of imidazole rings is 1. The molecule has 1 aromatic heterocycles. The van der Waals surface area contributed by atoms with Crippen molar-refractivity contribution in [3.63, 3.8) is 0 Å². The fraction of sp³-hybridized carbons (Fsp3) is 0.400. The minimum Gasteiger partial charge on any atom is -0.493 e.